The van der Waals surface area contributed by atoms with Gasteiger partial charge < -0.3 is 15.1 Å². The van der Waals surface area contributed by atoms with E-state index >= 15 is 0 Å². The number of benzene rings is 2. The zero-order valence-corrected chi connectivity index (χ0v) is 14.9. The predicted octanol–water partition coefficient (Wildman–Crippen LogP) is 3.14. The number of nitrogens with one attached hydrogen (secondary N) is 3. The van der Waals surface area contributed by atoms with Crippen molar-refractivity contribution >= 4 is 28.4 Å². The SMILES string of the molecule is O=C(N[C@H](Cc1ccccc1)C(=O)Nc1ccc2[nH]ncc2c1)c1ccco1. The van der Waals surface area contributed by atoms with Gasteiger partial charge in [0, 0.05) is 17.5 Å². The molecule has 0 aliphatic heterocycles. The van der Waals surface area contributed by atoms with Crippen LogP contribution in [0.15, 0.2) is 77.5 Å². The number of carbonyl (C=O) groups excluding carboxylic acids is 2. The number of amides is 2. The average molecular weight is 374 g/mol. The van der Waals surface area contributed by atoms with Gasteiger partial charge in [-0.25, -0.2) is 0 Å². The van der Waals surface area contributed by atoms with Crippen molar-refractivity contribution in [3.63, 3.8) is 0 Å². The van der Waals surface area contributed by atoms with Crippen LogP contribution in [0.25, 0.3) is 10.9 Å². The first-order chi connectivity index (χ1) is 13.7. The molecule has 4 aromatic rings. The van der Waals surface area contributed by atoms with E-state index in [-0.39, 0.29) is 11.7 Å². The molecule has 2 aromatic carbocycles. The average Bonchev–Trinajstić information content (AvgIpc) is 3.40. The molecule has 0 saturated heterocycles. The van der Waals surface area contributed by atoms with Gasteiger partial charge in [-0.3, -0.25) is 14.7 Å². The van der Waals surface area contributed by atoms with Gasteiger partial charge in [-0.1, -0.05) is 30.3 Å². The zero-order valence-electron chi connectivity index (χ0n) is 14.9. The van der Waals surface area contributed by atoms with E-state index in [2.05, 4.69) is 20.8 Å². The summed E-state index contributed by atoms with van der Waals surface area (Å²) in [6.45, 7) is 0. The van der Waals surface area contributed by atoms with Gasteiger partial charge in [-0.05, 0) is 35.9 Å². The lowest BCUT2D eigenvalue weighted by Crippen LogP contribution is -2.45. The Morgan fingerprint density at radius 2 is 1.93 bits per heavy atom. The van der Waals surface area contributed by atoms with Crippen LogP contribution >= 0.6 is 0 Å². The predicted molar refractivity (Wildman–Crippen MR) is 105 cm³/mol. The van der Waals surface area contributed by atoms with E-state index in [0.717, 1.165) is 16.5 Å². The number of hydrogen-bond acceptors (Lipinski definition) is 4. The number of hydrogen-bond donors (Lipinski definition) is 3. The van der Waals surface area contributed by atoms with Gasteiger partial charge in [0.15, 0.2) is 5.76 Å². The fourth-order valence-corrected chi connectivity index (χ4v) is 2.95. The fourth-order valence-electron chi connectivity index (χ4n) is 2.95. The molecule has 7 heteroatoms. The summed E-state index contributed by atoms with van der Waals surface area (Å²) in [6, 6.07) is 17.4. The van der Waals surface area contributed by atoms with Crippen LogP contribution in [0.1, 0.15) is 16.1 Å². The molecule has 0 spiro atoms. The lowest BCUT2D eigenvalue weighted by molar-refractivity contribution is -0.118. The van der Waals surface area contributed by atoms with Crippen LogP contribution in [0, 0.1) is 0 Å². The Labute approximate surface area is 160 Å². The number of furan rings is 1. The molecule has 3 N–H and O–H groups in total. The Hall–Kier alpha value is -3.87. The highest BCUT2D eigenvalue weighted by Crippen LogP contribution is 2.17. The van der Waals surface area contributed by atoms with Crippen LogP contribution in [-0.2, 0) is 11.2 Å². The Morgan fingerprint density at radius 1 is 1.07 bits per heavy atom. The number of rotatable bonds is 6. The van der Waals surface area contributed by atoms with E-state index in [1.54, 1.807) is 24.4 Å². The molecule has 0 unspecified atom stereocenters. The lowest BCUT2D eigenvalue weighted by atomic mass is 10.0. The molecule has 4 rings (SSSR count). The van der Waals surface area contributed by atoms with E-state index < -0.39 is 11.9 Å². The third-order valence-corrected chi connectivity index (χ3v) is 4.36. The number of anilines is 1. The van der Waals surface area contributed by atoms with Crippen molar-refractivity contribution in [2.24, 2.45) is 0 Å². The summed E-state index contributed by atoms with van der Waals surface area (Å²) in [5.41, 5.74) is 2.45. The molecule has 1 atom stereocenters. The minimum absolute atomic E-state index is 0.158. The van der Waals surface area contributed by atoms with Crippen molar-refractivity contribution in [2.45, 2.75) is 12.5 Å². The number of fused-ring (bicyclic) bond motifs is 1. The van der Waals surface area contributed by atoms with Crippen molar-refractivity contribution in [3.8, 4) is 0 Å². The summed E-state index contributed by atoms with van der Waals surface area (Å²) >= 11 is 0. The Balaban J connectivity index is 1.53. The van der Waals surface area contributed by atoms with Crippen LogP contribution in [0.3, 0.4) is 0 Å². The second kappa shape index (κ2) is 7.79. The minimum Gasteiger partial charge on any atom is -0.459 e. The minimum atomic E-state index is -0.764. The van der Waals surface area contributed by atoms with Gasteiger partial charge in [-0.2, -0.15) is 5.10 Å². The standard InChI is InChI=1S/C21H18N4O3/c26-20(23-16-8-9-17-15(12-16)13-22-25-17)18(11-14-5-2-1-3-6-14)24-21(27)19-7-4-10-28-19/h1-10,12-13,18H,11H2,(H,22,25)(H,23,26)(H,24,27)/t18-/m1/s1. The Morgan fingerprint density at radius 3 is 2.71 bits per heavy atom. The monoisotopic (exact) mass is 374 g/mol. The van der Waals surface area contributed by atoms with Crippen LogP contribution in [-0.4, -0.2) is 28.1 Å². The first kappa shape index (κ1) is 17.5. The molecular weight excluding hydrogens is 356 g/mol. The van der Waals surface area contributed by atoms with Crippen LogP contribution < -0.4 is 10.6 Å². The van der Waals surface area contributed by atoms with Crippen molar-refractivity contribution in [2.75, 3.05) is 5.32 Å². The molecule has 0 aliphatic carbocycles. The van der Waals surface area contributed by atoms with Gasteiger partial charge in [0.05, 0.1) is 18.0 Å². The molecule has 0 fully saturated rings. The van der Waals surface area contributed by atoms with Crippen molar-refractivity contribution in [1.82, 2.24) is 15.5 Å². The highest BCUT2D eigenvalue weighted by atomic mass is 16.3. The maximum atomic E-state index is 12.9. The molecule has 7 nitrogen and oxygen atoms in total. The van der Waals surface area contributed by atoms with Gasteiger partial charge in [0.2, 0.25) is 5.91 Å². The quantitative estimate of drug-likeness (QED) is 0.483. The third-order valence-electron chi connectivity index (χ3n) is 4.36. The van der Waals surface area contributed by atoms with Crippen LogP contribution in [0.4, 0.5) is 5.69 Å². The van der Waals surface area contributed by atoms with E-state index in [4.69, 9.17) is 4.42 Å². The summed E-state index contributed by atoms with van der Waals surface area (Å²) in [5.74, 6) is -0.594. The Bertz CT molecular complexity index is 1090. The second-order valence-corrected chi connectivity index (χ2v) is 6.35. The van der Waals surface area contributed by atoms with Crippen LogP contribution in [0.5, 0.6) is 0 Å². The van der Waals surface area contributed by atoms with E-state index in [0.29, 0.717) is 12.1 Å². The molecule has 2 heterocycles. The molecule has 2 aromatic heterocycles. The zero-order chi connectivity index (χ0) is 19.3. The normalized spacial score (nSPS) is 11.9. The van der Waals surface area contributed by atoms with Gasteiger partial charge in [-0.15, -0.1) is 0 Å². The summed E-state index contributed by atoms with van der Waals surface area (Å²) < 4.78 is 5.13. The summed E-state index contributed by atoms with van der Waals surface area (Å²) in [6.07, 6.45) is 3.46. The summed E-state index contributed by atoms with van der Waals surface area (Å²) in [7, 11) is 0. The number of nitrogens with zero attached hydrogens (tertiary/aromatic N) is 1. The number of aromatic amines is 1. The van der Waals surface area contributed by atoms with E-state index in [1.165, 1.54) is 6.26 Å². The molecule has 0 aliphatic rings. The van der Waals surface area contributed by atoms with E-state index in [9.17, 15) is 9.59 Å². The first-order valence-electron chi connectivity index (χ1n) is 8.81. The summed E-state index contributed by atoms with van der Waals surface area (Å²) in [5, 5.41) is 13.4. The Kier molecular flexibility index (Phi) is 4.88. The van der Waals surface area contributed by atoms with E-state index in [1.807, 2.05) is 42.5 Å². The van der Waals surface area contributed by atoms with Gasteiger partial charge >= 0.3 is 0 Å². The molecule has 2 amide bonds. The van der Waals surface area contributed by atoms with Gasteiger partial charge in [0.25, 0.3) is 5.91 Å². The number of H-pyrrole nitrogens is 1. The molecule has 0 bridgehead atoms. The number of aromatic nitrogens is 2. The highest BCUT2D eigenvalue weighted by Gasteiger charge is 2.23. The number of carbonyl (C=O) groups is 2. The highest BCUT2D eigenvalue weighted by molar-refractivity contribution is 6.01. The molecule has 140 valence electrons. The van der Waals surface area contributed by atoms with Crippen LogP contribution in [0.2, 0.25) is 0 Å². The topological polar surface area (TPSA) is 100 Å². The largest absolute Gasteiger partial charge is 0.459 e. The van der Waals surface area contributed by atoms with Crippen molar-refractivity contribution in [3.05, 3.63) is 84.4 Å². The smallest absolute Gasteiger partial charge is 0.287 e. The molecule has 0 saturated carbocycles. The van der Waals surface area contributed by atoms with Gasteiger partial charge in [0.1, 0.15) is 6.04 Å². The third kappa shape index (κ3) is 3.93. The second-order valence-electron chi connectivity index (χ2n) is 6.35. The molecule has 28 heavy (non-hydrogen) atoms. The maximum Gasteiger partial charge on any atom is 0.287 e. The first-order valence-corrected chi connectivity index (χ1v) is 8.81. The van der Waals surface area contributed by atoms with Crippen molar-refractivity contribution in [1.29, 1.82) is 0 Å². The molecular formula is C21H18N4O3. The van der Waals surface area contributed by atoms with Crippen molar-refractivity contribution < 1.29 is 14.0 Å². The maximum absolute atomic E-state index is 12.9. The molecule has 0 radical (unpaired) electrons. The fraction of sp³-hybridized carbons (Fsp3) is 0.0952. The lowest BCUT2D eigenvalue weighted by Gasteiger charge is -2.18. The summed E-state index contributed by atoms with van der Waals surface area (Å²) in [4.78, 5) is 25.3.